The molecule has 0 saturated carbocycles. The first-order chi connectivity index (χ1) is 18.1. The summed E-state index contributed by atoms with van der Waals surface area (Å²) in [6.45, 7) is 8.45. The van der Waals surface area contributed by atoms with Crippen LogP contribution in [0.4, 0.5) is 35.3 Å². The number of carbonyl (C=O) groups excluding carboxylic acids is 1. The number of benzene rings is 1. The fourth-order valence-corrected chi connectivity index (χ4v) is 5.11. The quantitative estimate of drug-likeness (QED) is 0.389. The SMILES string of the molecule is Cc1nc(N[C@H](C)c2cc(NC(=O)OC(C)C)cc(C(F)F)c2F)c2cc(N3C[C@@H]4C[C@H]3CN4)ncc2n1. The molecular weight excluding hydrogens is 499 g/mol. The van der Waals surface area contributed by atoms with Crippen molar-refractivity contribution in [2.24, 2.45) is 0 Å². The van der Waals surface area contributed by atoms with Crippen molar-refractivity contribution in [2.45, 2.75) is 64.8 Å². The molecule has 5 rings (SSSR count). The number of amides is 1. The third-order valence-electron chi connectivity index (χ3n) is 6.80. The summed E-state index contributed by atoms with van der Waals surface area (Å²) in [5, 5.41) is 9.74. The molecule has 0 unspecified atom stereocenters. The summed E-state index contributed by atoms with van der Waals surface area (Å²) in [5.74, 6) is 0.657. The van der Waals surface area contributed by atoms with Crippen molar-refractivity contribution in [3.8, 4) is 0 Å². The number of hydrogen-bond acceptors (Lipinski definition) is 8. The molecule has 2 saturated heterocycles. The molecule has 2 aliphatic rings. The molecule has 9 nitrogen and oxygen atoms in total. The summed E-state index contributed by atoms with van der Waals surface area (Å²) in [4.78, 5) is 28.0. The van der Waals surface area contributed by atoms with Crippen molar-refractivity contribution >= 4 is 34.3 Å². The summed E-state index contributed by atoms with van der Waals surface area (Å²) in [6.07, 6.45) is -1.56. The first kappa shape index (κ1) is 26.0. The number of aryl methyl sites for hydroxylation is 1. The Morgan fingerprint density at radius 3 is 2.61 bits per heavy atom. The molecule has 3 N–H and O–H groups in total. The number of ether oxygens (including phenoxy) is 1. The van der Waals surface area contributed by atoms with E-state index in [1.807, 2.05) is 6.07 Å². The van der Waals surface area contributed by atoms with E-state index in [1.54, 1.807) is 33.9 Å². The zero-order valence-electron chi connectivity index (χ0n) is 21.6. The number of alkyl halides is 2. The van der Waals surface area contributed by atoms with Crippen LogP contribution in [0.25, 0.3) is 10.9 Å². The number of pyridine rings is 1. The topological polar surface area (TPSA) is 104 Å². The van der Waals surface area contributed by atoms with E-state index in [0.717, 1.165) is 31.4 Å². The maximum absolute atomic E-state index is 15.2. The molecule has 12 heteroatoms. The van der Waals surface area contributed by atoms with Gasteiger partial charge in [0.25, 0.3) is 6.43 Å². The molecule has 4 heterocycles. The van der Waals surface area contributed by atoms with Gasteiger partial charge in [0.2, 0.25) is 0 Å². The summed E-state index contributed by atoms with van der Waals surface area (Å²) >= 11 is 0. The largest absolute Gasteiger partial charge is 0.447 e. The third-order valence-corrected chi connectivity index (χ3v) is 6.80. The lowest BCUT2D eigenvalue weighted by Gasteiger charge is -2.28. The van der Waals surface area contributed by atoms with Gasteiger partial charge in [0.15, 0.2) is 0 Å². The van der Waals surface area contributed by atoms with Crippen LogP contribution in [0.15, 0.2) is 24.4 Å². The number of carbonyl (C=O) groups is 1. The Hall–Kier alpha value is -3.67. The average Bonchev–Trinajstić information content (AvgIpc) is 3.48. The minimum atomic E-state index is -3.08. The van der Waals surface area contributed by atoms with E-state index in [4.69, 9.17) is 4.74 Å². The third kappa shape index (κ3) is 5.17. The van der Waals surface area contributed by atoms with Crippen molar-refractivity contribution in [1.29, 1.82) is 0 Å². The van der Waals surface area contributed by atoms with Gasteiger partial charge >= 0.3 is 6.09 Å². The number of fused-ring (bicyclic) bond motifs is 3. The van der Waals surface area contributed by atoms with Crippen molar-refractivity contribution in [1.82, 2.24) is 20.3 Å². The number of piperazine rings is 1. The molecule has 3 aromatic rings. The van der Waals surface area contributed by atoms with E-state index in [9.17, 15) is 13.6 Å². The van der Waals surface area contributed by atoms with Crippen LogP contribution in [0.2, 0.25) is 0 Å². The predicted molar refractivity (Wildman–Crippen MR) is 138 cm³/mol. The number of hydrogen-bond donors (Lipinski definition) is 3. The van der Waals surface area contributed by atoms with E-state index < -0.39 is 36.0 Å². The molecule has 0 radical (unpaired) electrons. The van der Waals surface area contributed by atoms with Gasteiger partial charge in [-0.1, -0.05) is 0 Å². The first-order valence-corrected chi connectivity index (χ1v) is 12.6. The van der Waals surface area contributed by atoms with Crippen LogP contribution in [0.3, 0.4) is 0 Å². The molecular formula is C26H30F3N7O2. The van der Waals surface area contributed by atoms with Crippen LogP contribution in [-0.4, -0.2) is 52.3 Å². The second-order valence-corrected chi connectivity index (χ2v) is 10.0. The molecule has 1 aromatic carbocycles. The molecule has 0 aliphatic carbocycles. The zero-order chi connectivity index (χ0) is 27.1. The molecule has 2 bridgehead atoms. The van der Waals surface area contributed by atoms with Gasteiger partial charge in [0, 0.05) is 41.8 Å². The van der Waals surface area contributed by atoms with Crippen LogP contribution >= 0.6 is 0 Å². The highest BCUT2D eigenvalue weighted by Crippen LogP contribution is 2.35. The molecule has 0 spiro atoms. The Morgan fingerprint density at radius 1 is 1.18 bits per heavy atom. The van der Waals surface area contributed by atoms with Crippen molar-refractivity contribution < 1.29 is 22.7 Å². The highest BCUT2D eigenvalue weighted by molar-refractivity contribution is 5.91. The van der Waals surface area contributed by atoms with Gasteiger partial charge < -0.3 is 20.3 Å². The fraction of sp³-hybridized carbons (Fsp3) is 0.462. The van der Waals surface area contributed by atoms with Crippen molar-refractivity contribution in [3.63, 3.8) is 0 Å². The monoisotopic (exact) mass is 529 g/mol. The smallest absolute Gasteiger partial charge is 0.411 e. The molecule has 2 aromatic heterocycles. The van der Waals surface area contributed by atoms with Gasteiger partial charge in [0.1, 0.15) is 23.3 Å². The number of halogens is 3. The van der Waals surface area contributed by atoms with Crippen LogP contribution in [0.5, 0.6) is 0 Å². The fourth-order valence-electron chi connectivity index (χ4n) is 5.11. The Labute approximate surface area is 218 Å². The lowest BCUT2D eigenvalue weighted by Crippen LogP contribution is -2.43. The number of aromatic nitrogens is 3. The summed E-state index contributed by atoms with van der Waals surface area (Å²) in [6, 6.07) is 4.17. The van der Waals surface area contributed by atoms with Gasteiger partial charge in [-0.25, -0.2) is 32.9 Å². The van der Waals surface area contributed by atoms with Gasteiger partial charge in [-0.15, -0.1) is 0 Å². The van der Waals surface area contributed by atoms with Gasteiger partial charge in [-0.05, 0) is 52.3 Å². The van der Waals surface area contributed by atoms with Gasteiger partial charge in [-0.2, -0.15) is 0 Å². The second-order valence-electron chi connectivity index (χ2n) is 10.0. The van der Waals surface area contributed by atoms with E-state index in [-0.39, 0.29) is 11.3 Å². The van der Waals surface area contributed by atoms with Gasteiger partial charge in [-0.3, -0.25) is 5.32 Å². The minimum Gasteiger partial charge on any atom is -0.447 e. The molecule has 1 amide bonds. The molecule has 2 aliphatic heterocycles. The Bertz CT molecular complexity index is 1370. The lowest BCUT2D eigenvalue weighted by atomic mass is 10.0. The maximum Gasteiger partial charge on any atom is 0.411 e. The summed E-state index contributed by atoms with van der Waals surface area (Å²) in [7, 11) is 0. The second kappa shape index (κ2) is 10.2. The summed E-state index contributed by atoms with van der Waals surface area (Å²) < 4.78 is 47.7. The lowest BCUT2D eigenvalue weighted by molar-refractivity contribution is 0.129. The summed E-state index contributed by atoms with van der Waals surface area (Å²) in [5.41, 5.74) is -0.254. The highest BCUT2D eigenvalue weighted by atomic mass is 19.3. The normalized spacial score (nSPS) is 19.4. The molecule has 2 fully saturated rings. The minimum absolute atomic E-state index is 0.00362. The Morgan fingerprint density at radius 2 is 1.95 bits per heavy atom. The van der Waals surface area contributed by atoms with Gasteiger partial charge in [0.05, 0.1) is 29.4 Å². The highest BCUT2D eigenvalue weighted by Gasteiger charge is 2.38. The number of anilines is 3. The molecule has 202 valence electrons. The predicted octanol–water partition coefficient (Wildman–Crippen LogP) is 5.09. The first-order valence-electron chi connectivity index (χ1n) is 12.6. The molecule has 3 atom stereocenters. The van der Waals surface area contributed by atoms with Crippen LogP contribution in [-0.2, 0) is 4.74 Å². The van der Waals surface area contributed by atoms with Crippen LogP contribution in [0, 0.1) is 12.7 Å². The number of nitrogens with one attached hydrogen (secondary N) is 3. The van der Waals surface area contributed by atoms with Crippen molar-refractivity contribution in [3.05, 3.63) is 47.2 Å². The Kier molecular flexibility index (Phi) is 6.99. The number of nitrogens with zero attached hydrogens (tertiary/aromatic N) is 4. The molecule has 38 heavy (non-hydrogen) atoms. The van der Waals surface area contributed by atoms with Crippen LogP contribution in [0.1, 0.15) is 56.6 Å². The average molecular weight is 530 g/mol. The van der Waals surface area contributed by atoms with E-state index in [1.165, 1.54) is 6.07 Å². The van der Waals surface area contributed by atoms with Crippen LogP contribution < -0.4 is 20.9 Å². The van der Waals surface area contributed by atoms with E-state index >= 15 is 4.39 Å². The Balaban J connectivity index is 1.48. The maximum atomic E-state index is 15.2. The standard InChI is InChI=1S/C26H30F3N7O2/c1-12(2)38-26(37)35-15-6-18(23(27)20(7-15)24(28)29)13(3)32-25-19-8-22(31-10-21(19)33-14(4)34-25)36-11-16-5-17(36)9-30-16/h6-8,10,12-13,16-17,24,30H,5,9,11H2,1-4H3,(H,35,37)(H,32,33,34)/t13-,16+,17+/m1/s1. The number of rotatable bonds is 7. The van der Waals surface area contributed by atoms with E-state index in [2.05, 4.69) is 35.8 Å². The zero-order valence-corrected chi connectivity index (χ0v) is 21.6. The van der Waals surface area contributed by atoms with E-state index in [0.29, 0.717) is 34.6 Å². The van der Waals surface area contributed by atoms with Crippen molar-refractivity contribution in [2.75, 3.05) is 28.6 Å².